The van der Waals surface area contributed by atoms with Gasteiger partial charge in [0.25, 0.3) is 5.91 Å². The molecule has 2 N–H and O–H groups in total. The van der Waals surface area contributed by atoms with E-state index in [1.165, 1.54) is 7.11 Å². The van der Waals surface area contributed by atoms with Crippen LogP contribution in [0.15, 0.2) is 36.4 Å². The molecule has 0 bridgehead atoms. The van der Waals surface area contributed by atoms with Gasteiger partial charge in [0.05, 0.1) is 7.11 Å². The molecule has 2 aromatic rings. The van der Waals surface area contributed by atoms with Gasteiger partial charge >= 0.3 is 0 Å². The summed E-state index contributed by atoms with van der Waals surface area (Å²) in [4.78, 5) is 12.4. The lowest BCUT2D eigenvalue weighted by Crippen LogP contribution is -2.35. The molecule has 0 aliphatic carbocycles. The standard InChI is InChI=1S/C16H14ClNO3/c1-9-7-13-11(8-12(9)17)16(20,15(19)18-13)10-5-3-4-6-14(10)21-2/h3-8,20H,1-2H3,(H,18,19). The molecule has 108 valence electrons. The SMILES string of the molecule is COc1ccccc1C1(O)C(=O)Nc2cc(C)c(Cl)cc21. The quantitative estimate of drug-likeness (QED) is 0.897. The van der Waals surface area contributed by atoms with E-state index in [2.05, 4.69) is 5.32 Å². The fraction of sp³-hybridized carbons (Fsp3) is 0.188. The Kier molecular flexibility index (Phi) is 3.15. The van der Waals surface area contributed by atoms with E-state index >= 15 is 0 Å². The van der Waals surface area contributed by atoms with Gasteiger partial charge in [0.15, 0.2) is 5.60 Å². The van der Waals surface area contributed by atoms with E-state index < -0.39 is 11.5 Å². The summed E-state index contributed by atoms with van der Waals surface area (Å²) in [5.41, 5.74) is 0.422. The van der Waals surface area contributed by atoms with E-state index in [0.717, 1.165) is 5.56 Å². The zero-order chi connectivity index (χ0) is 15.2. The number of nitrogens with one attached hydrogen (secondary N) is 1. The van der Waals surface area contributed by atoms with Crippen LogP contribution in [-0.2, 0) is 10.4 Å². The van der Waals surface area contributed by atoms with Crippen molar-refractivity contribution >= 4 is 23.2 Å². The number of carbonyl (C=O) groups excluding carboxylic acids is 1. The van der Waals surface area contributed by atoms with Crippen LogP contribution in [0.5, 0.6) is 5.75 Å². The summed E-state index contributed by atoms with van der Waals surface area (Å²) >= 11 is 6.15. The lowest BCUT2D eigenvalue weighted by atomic mass is 9.86. The Morgan fingerprint density at radius 3 is 2.67 bits per heavy atom. The van der Waals surface area contributed by atoms with Crippen molar-refractivity contribution in [1.82, 2.24) is 0 Å². The van der Waals surface area contributed by atoms with Crippen LogP contribution in [0.3, 0.4) is 0 Å². The summed E-state index contributed by atoms with van der Waals surface area (Å²) in [7, 11) is 1.50. The number of amides is 1. The third-order valence-electron chi connectivity index (χ3n) is 3.76. The molecule has 5 heteroatoms. The van der Waals surface area contributed by atoms with Crippen LogP contribution in [0.25, 0.3) is 0 Å². The minimum atomic E-state index is -1.81. The maximum absolute atomic E-state index is 12.4. The Morgan fingerprint density at radius 2 is 1.95 bits per heavy atom. The fourth-order valence-electron chi connectivity index (χ4n) is 2.63. The van der Waals surface area contributed by atoms with Crippen LogP contribution in [0.4, 0.5) is 5.69 Å². The molecule has 1 unspecified atom stereocenters. The zero-order valence-electron chi connectivity index (χ0n) is 11.6. The molecule has 1 atom stereocenters. The predicted molar refractivity (Wildman–Crippen MR) is 80.8 cm³/mol. The highest BCUT2D eigenvalue weighted by molar-refractivity contribution is 6.31. The Bertz CT molecular complexity index is 744. The van der Waals surface area contributed by atoms with Crippen LogP contribution in [0.2, 0.25) is 5.02 Å². The van der Waals surface area contributed by atoms with Gasteiger partial charge in [-0.15, -0.1) is 0 Å². The van der Waals surface area contributed by atoms with Crippen molar-refractivity contribution in [3.8, 4) is 5.75 Å². The highest BCUT2D eigenvalue weighted by Gasteiger charge is 2.48. The molecule has 0 aromatic heterocycles. The number of fused-ring (bicyclic) bond motifs is 1. The molecular formula is C16H14ClNO3. The Labute approximate surface area is 127 Å². The molecular weight excluding hydrogens is 290 g/mol. The van der Waals surface area contributed by atoms with Gasteiger partial charge in [-0.2, -0.15) is 0 Å². The van der Waals surface area contributed by atoms with Crippen molar-refractivity contribution in [3.63, 3.8) is 0 Å². The molecule has 1 aliphatic rings. The summed E-state index contributed by atoms with van der Waals surface area (Å²) in [6, 6.07) is 10.3. The number of hydrogen-bond acceptors (Lipinski definition) is 3. The fourth-order valence-corrected chi connectivity index (χ4v) is 2.79. The molecule has 4 nitrogen and oxygen atoms in total. The number of hydrogen-bond donors (Lipinski definition) is 2. The first-order chi connectivity index (χ1) is 9.98. The van der Waals surface area contributed by atoms with E-state index in [9.17, 15) is 9.90 Å². The van der Waals surface area contributed by atoms with Crippen molar-refractivity contribution in [2.24, 2.45) is 0 Å². The lowest BCUT2D eigenvalue weighted by molar-refractivity contribution is -0.129. The van der Waals surface area contributed by atoms with Gasteiger partial charge in [-0.1, -0.05) is 29.8 Å². The monoisotopic (exact) mass is 303 g/mol. The van der Waals surface area contributed by atoms with Gasteiger partial charge in [-0.05, 0) is 30.7 Å². The van der Waals surface area contributed by atoms with Crippen molar-refractivity contribution < 1.29 is 14.6 Å². The lowest BCUT2D eigenvalue weighted by Gasteiger charge is -2.23. The second-order valence-corrected chi connectivity index (χ2v) is 5.42. The van der Waals surface area contributed by atoms with Crippen LogP contribution in [0.1, 0.15) is 16.7 Å². The van der Waals surface area contributed by atoms with E-state index in [0.29, 0.717) is 27.6 Å². The van der Waals surface area contributed by atoms with Gasteiger partial charge < -0.3 is 15.2 Å². The van der Waals surface area contributed by atoms with Crippen LogP contribution in [-0.4, -0.2) is 18.1 Å². The van der Waals surface area contributed by atoms with Crippen LogP contribution in [0, 0.1) is 6.92 Å². The summed E-state index contributed by atoms with van der Waals surface area (Å²) in [6.07, 6.45) is 0. The number of para-hydroxylation sites is 1. The summed E-state index contributed by atoms with van der Waals surface area (Å²) in [5.74, 6) is -0.0663. The number of rotatable bonds is 2. The van der Waals surface area contributed by atoms with E-state index in [4.69, 9.17) is 16.3 Å². The first-order valence-electron chi connectivity index (χ1n) is 6.46. The molecule has 0 saturated heterocycles. The Hall–Kier alpha value is -2.04. The molecule has 0 saturated carbocycles. The van der Waals surface area contributed by atoms with Crippen molar-refractivity contribution in [2.75, 3.05) is 12.4 Å². The molecule has 0 radical (unpaired) electrons. The Morgan fingerprint density at radius 1 is 1.24 bits per heavy atom. The van der Waals surface area contributed by atoms with E-state index in [1.807, 2.05) is 6.92 Å². The number of carbonyl (C=O) groups is 1. The van der Waals surface area contributed by atoms with Crippen LogP contribution < -0.4 is 10.1 Å². The van der Waals surface area contributed by atoms with Crippen molar-refractivity contribution in [1.29, 1.82) is 0 Å². The van der Waals surface area contributed by atoms with E-state index in [1.54, 1.807) is 36.4 Å². The zero-order valence-corrected chi connectivity index (χ0v) is 12.4. The molecule has 1 aliphatic heterocycles. The molecule has 0 fully saturated rings. The number of aliphatic hydroxyl groups is 1. The smallest absolute Gasteiger partial charge is 0.266 e. The third-order valence-corrected chi connectivity index (χ3v) is 4.17. The van der Waals surface area contributed by atoms with Gasteiger partial charge in [0.2, 0.25) is 0 Å². The second kappa shape index (κ2) is 4.76. The van der Waals surface area contributed by atoms with Crippen molar-refractivity contribution in [3.05, 3.63) is 58.1 Å². The largest absolute Gasteiger partial charge is 0.496 e. The predicted octanol–water partition coefficient (Wildman–Crippen LogP) is 2.85. The third kappa shape index (κ3) is 1.91. The Balaban J connectivity index is 2.28. The topological polar surface area (TPSA) is 58.6 Å². The first kappa shape index (κ1) is 13.9. The maximum atomic E-state index is 12.4. The van der Waals surface area contributed by atoms with E-state index in [-0.39, 0.29) is 0 Å². The molecule has 2 aromatic carbocycles. The molecule has 1 amide bonds. The minimum Gasteiger partial charge on any atom is -0.496 e. The highest BCUT2D eigenvalue weighted by Crippen LogP contribution is 2.45. The molecule has 3 rings (SSSR count). The van der Waals surface area contributed by atoms with Gasteiger partial charge in [0, 0.05) is 21.8 Å². The van der Waals surface area contributed by atoms with Gasteiger partial charge in [-0.25, -0.2) is 0 Å². The first-order valence-corrected chi connectivity index (χ1v) is 6.84. The average molecular weight is 304 g/mol. The second-order valence-electron chi connectivity index (χ2n) is 5.01. The average Bonchev–Trinajstić information content (AvgIpc) is 2.72. The number of halogens is 1. The molecule has 21 heavy (non-hydrogen) atoms. The maximum Gasteiger partial charge on any atom is 0.266 e. The number of anilines is 1. The molecule has 0 spiro atoms. The number of methoxy groups -OCH3 is 1. The highest BCUT2D eigenvalue weighted by atomic mass is 35.5. The summed E-state index contributed by atoms with van der Waals surface area (Å²) in [6.45, 7) is 1.84. The minimum absolute atomic E-state index is 0.392. The van der Waals surface area contributed by atoms with Crippen LogP contribution >= 0.6 is 11.6 Å². The number of ether oxygens (including phenoxy) is 1. The molecule has 1 heterocycles. The van der Waals surface area contributed by atoms with Gasteiger partial charge in [-0.3, -0.25) is 4.79 Å². The normalized spacial score (nSPS) is 20.1. The summed E-state index contributed by atoms with van der Waals surface area (Å²) < 4.78 is 5.27. The number of benzene rings is 2. The summed E-state index contributed by atoms with van der Waals surface area (Å²) in [5, 5.41) is 14.3. The number of aryl methyl sites for hydroxylation is 1. The van der Waals surface area contributed by atoms with Gasteiger partial charge in [0.1, 0.15) is 5.75 Å². The van der Waals surface area contributed by atoms with Crippen molar-refractivity contribution in [2.45, 2.75) is 12.5 Å².